The molecule has 8 heteroatoms. The molecule has 0 aliphatic carbocycles. The van der Waals surface area contributed by atoms with Crippen LogP contribution in [0.15, 0.2) is 32.3 Å². The maximum absolute atomic E-state index is 12.4. The van der Waals surface area contributed by atoms with Gasteiger partial charge in [-0.05, 0) is 36.4 Å². The summed E-state index contributed by atoms with van der Waals surface area (Å²) in [6.07, 6.45) is 1.42. The van der Waals surface area contributed by atoms with Gasteiger partial charge in [-0.2, -0.15) is 0 Å². The smallest absolute Gasteiger partial charge is 0.353 e. The van der Waals surface area contributed by atoms with E-state index < -0.39 is 18.0 Å². The highest BCUT2D eigenvalue weighted by Crippen LogP contribution is 2.52. The Morgan fingerprint density at radius 3 is 2.78 bits per heavy atom. The third-order valence-electron chi connectivity index (χ3n) is 5.53. The van der Waals surface area contributed by atoms with Crippen molar-refractivity contribution in [1.82, 2.24) is 10.2 Å². The minimum absolute atomic E-state index is 0.0738. The van der Waals surface area contributed by atoms with Crippen LogP contribution in [0.25, 0.3) is 5.57 Å². The average molecular weight is 407 g/mol. The summed E-state index contributed by atoms with van der Waals surface area (Å²) in [4.78, 5) is 26.3. The summed E-state index contributed by atoms with van der Waals surface area (Å²) >= 11 is 3.02. The number of carboxylic acids is 1. The molecule has 0 radical (unpaired) electrons. The lowest BCUT2D eigenvalue weighted by Crippen LogP contribution is -2.63. The number of aliphatic carboxylic acids is 1. The second kappa shape index (κ2) is 6.77. The molecule has 4 heterocycles. The first-order valence-corrected chi connectivity index (χ1v) is 10.7. The third-order valence-corrected chi connectivity index (χ3v) is 7.90. The molecule has 1 fully saturated rings. The van der Waals surface area contributed by atoms with Crippen LogP contribution in [0.5, 0.6) is 0 Å². The Hall–Kier alpha value is -1.61. The van der Waals surface area contributed by atoms with E-state index in [4.69, 9.17) is 0 Å². The number of fused-ring (bicyclic) bond motifs is 1. The molecule has 1 amide bonds. The van der Waals surface area contributed by atoms with Crippen molar-refractivity contribution >= 4 is 40.5 Å². The van der Waals surface area contributed by atoms with Crippen molar-refractivity contribution in [2.75, 3.05) is 6.54 Å². The van der Waals surface area contributed by atoms with Crippen LogP contribution in [0.4, 0.5) is 0 Å². The Morgan fingerprint density at radius 1 is 1.44 bits per heavy atom. The van der Waals surface area contributed by atoms with E-state index in [1.165, 1.54) is 22.2 Å². The normalized spacial score (nSPS) is 31.0. The number of thioether (sulfide) groups is 1. The van der Waals surface area contributed by atoms with Gasteiger partial charge in [0.15, 0.2) is 0 Å². The van der Waals surface area contributed by atoms with Gasteiger partial charge in [0.2, 0.25) is 5.91 Å². The molecule has 5 atom stereocenters. The zero-order valence-electron chi connectivity index (χ0n) is 15.3. The number of β-lactam (4-membered cyclic amide) rings is 1. The fraction of sp³-hybridized carbons (Fsp3) is 0.474. The van der Waals surface area contributed by atoms with Crippen LogP contribution >= 0.6 is 23.1 Å². The topological polar surface area (TPSA) is 89.9 Å². The van der Waals surface area contributed by atoms with Gasteiger partial charge in [0.1, 0.15) is 5.70 Å². The number of aliphatic hydroxyl groups is 1. The number of amides is 1. The molecule has 144 valence electrons. The molecule has 0 saturated carbocycles. The monoisotopic (exact) mass is 406 g/mol. The zero-order valence-corrected chi connectivity index (χ0v) is 16.9. The lowest BCUT2D eigenvalue weighted by molar-refractivity contribution is -0.163. The van der Waals surface area contributed by atoms with Gasteiger partial charge >= 0.3 is 5.97 Å². The number of carbonyl (C=O) groups excluding carboxylic acids is 1. The highest BCUT2D eigenvalue weighted by Gasteiger charge is 2.60. The van der Waals surface area contributed by atoms with E-state index in [1.807, 2.05) is 6.92 Å². The van der Waals surface area contributed by atoms with Gasteiger partial charge in [-0.25, -0.2) is 4.79 Å². The van der Waals surface area contributed by atoms with Crippen molar-refractivity contribution in [3.05, 3.63) is 33.7 Å². The highest BCUT2D eigenvalue weighted by molar-refractivity contribution is 8.04. The predicted octanol–water partition coefficient (Wildman–Crippen LogP) is 2.37. The predicted molar refractivity (Wildman–Crippen MR) is 105 cm³/mol. The number of nitrogens with zero attached hydrogens (tertiary/aromatic N) is 1. The van der Waals surface area contributed by atoms with Gasteiger partial charge in [-0.1, -0.05) is 24.8 Å². The van der Waals surface area contributed by atoms with Crippen molar-refractivity contribution in [2.45, 2.75) is 43.2 Å². The quantitative estimate of drug-likeness (QED) is 0.651. The molecule has 1 aromatic rings. The summed E-state index contributed by atoms with van der Waals surface area (Å²) in [6.45, 7) is 6.48. The van der Waals surface area contributed by atoms with E-state index in [0.29, 0.717) is 10.9 Å². The number of rotatable bonds is 5. The Morgan fingerprint density at radius 2 is 2.19 bits per heavy atom. The van der Waals surface area contributed by atoms with Crippen LogP contribution in [-0.4, -0.2) is 51.7 Å². The molecular weight excluding hydrogens is 384 g/mol. The van der Waals surface area contributed by atoms with Crippen LogP contribution in [0, 0.1) is 11.8 Å². The number of carboxylic acid groups (broad SMARTS) is 1. The Kier molecular flexibility index (Phi) is 4.70. The van der Waals surface area contributed by atoms with Crippen LogP contribution in [0.2, 0.25) is 0 Å². The van der Waals surface area contributed by atoms with E-state index in [-0.39, 0.29) is 23.6 Å². The average Bonchev–Trinajstić information content (AvgIpc) is 3.27. The fourth-order valence-electron chi connectivity index (χ4n) is 4.19. The number of hydrogen-bond donors (Lipinski definition) is 3. The number of hydrogen-bond acceptors (Lipinski definition) is 6. The molecular formula is C19H22N2O4S2. The lowest BCUT2D eigenvalue weighted by Gasteiger charge is -2.46. The van der Waals surface area contributed by atoms with Crippen molar-refractivity contribution in [3.8, 4) is 0 Å². The maximum Gasteiger partial charge on any atom is 0.353 e. The molecule has 3 N–H and O–H groups in total. The summed E-state index contributed by atoms with van der Waals surface area (Å²) in [6, 6.07) is 2.18. The maximum atomic E-state index is 12.4. The number of aliphatic hydroxyl groups excluding tert-OH is 1. The molecule has 1 aromatic heterocycles. The molecule has 0 aromatic carbocycles. The molecule has 0 bridgehead atoms. The molecule has 1 saturated heterocycles. The van der Waals surface area contributed by atoms with E-state index in [2.05, 4.69) is 29.8 Å². The first-order chi connectivity index (χ1) is 12.8. The van der Waals surface area contributed by atoms with Crippen molar-refractivity contribution in [3.63, 3.8) is 0 Å². The van der Waals surface area contributed by atoms with Gasteiger partial charge in [0.25, 0.3) is 0 Å². The summed E-state index contributed by atoms with van der Waals surface area (Å²) in [5.41, 5.74) is 2.49. The molecule has 0 unspecified atom stereocenters. The van der Waals surface area contributed by atoms with E-state index in [0.717, 1.165) is 16.3 Å². The molecule has 0 spiro atoms. The van der Waals surface area contributed by atoms with Crippen LogP contribution in [-0.2, 0) is 9.59 Å². The minimum atomic E-state index is -1.09. The van der Waals surface area contributed by atoms with Gasteiger partial charge in [0, 0.05) is 23.4 Å². The van der Waals surface area contributed by atoms with E-state index in [1.54, 1.807) is 18.3 Å². The number of nitrogens with one attached hydrogen (secondary N) is 1. The largest absolute Gasteiger partial charge is 0.477 e. The minimum Gasteiger partial charge on any atom is -0.477 e. The lowest BCUT2D eigenvalue weighted by atomic mass is 9.79. The summed E-state index contributed by atoms with van der Waals surface area (Å²) < 4.78 is 1.01. The molecule has 3 aliphatic rings. The highest BCUT2D eigenvalue weighted by atomic mass is 32.2. The second-order valence-electron chi connectivity index (χ2n) is 7.39. The van der Waals surface area contributed by atoms with Gasteiger partial charge in [-0.3, -0.25) is 4.79 Å². The third kappa shape index (κ3) is 2.95. The summed E-state index contributed by atoms with van der Waals surface area (Å²) in [5, 5.41) is 25.1. The van der Waals surface area contributed by atoms with Gasteiger partial charge in [-0.15, -0.1) is 11.3 Å². The van der Waals surface area contributed by atoms with Crippen molar-refractivity contribution in [2.24, 2.45) is 11.8 Å². The molecule has 27 heavy (non-hydrogen) atoms. The van der Waals surface area contributed by atoms with E-state index in [9.17, 15) is 19.8 Å². The zero-order chi connectivity index (χ0) is 19.5. The van der Waals surface area contributed by atoms with Crippen LogP contribution < -0.4 is 5.32 Å². The van der Waals surface area contributed by atoms with Crippen LogP contribution in [0.1, 0.15) is 26.3 Å². The standard InChI is InChI=1S/C19H22N2O4S2/c1-8-4-11(6-20-8)12-5-13(26-7-12)27-17-9(2)15-14(10(3)22)18(23)21(15)16(17)19(24)25/h4-5,7-10,14-15,20,22H,6H2,1-3H3,(H,24,25)/t8-,9+,10+,14+,15+/m0/s1. The SMILES string of the molecule is C[C@H]1C=C(c2csc(SC3=C(C(=O)O)N4C(=O)[C@H]([C@@H](C)O)[C@H]4[C@H]3C)c2)CN1. The van der Waals surface area contributed by atoms with Crippen LogP contribution in [0.3, 0.4) is 0 Å². The first kappa shape index (κ1) is 18.7. The Labute approximate surface area is 165 Å². The molecule has 3 aliphatic heterocycles. The van der Waals surface area contributed by atoms with Crippen molar-refractivity contribution in [1.29, 1.82) is 0 Å². The Bertz CT molecular complexity index is 873. The summed E-state index contributed by atoms with van der Waals surface area (Å²) in [5.74, 6) is -2.02. The Balaban J connectivity index is 1.62. The van der Waals surface area contributed by atoms with E-state index >= 15 is 0 Å². The number of carbonyl (C=O) groups is 2. The first-order valence-electron chi connectivity index (χ1n) is 8.99. The van der Waals surface area contributed by atoms with Gasteiger partial charge < -0.3 is 20.4 Å². The van der Waals surface area contributed by atoms with Crippen molar-refractivity contribution < 1.29 is 19.8 Å². The molecule has 4 rings (SSSR count). The van der Waals surface area contributed by atoms with Gasteiger partial charge in [0.05, 0.1) is 22.3 Å². The fourth-order valence-corrected chi connectivity index (χ4v) is 6.47. The molecule has 6 nitrogen and oxygen atoms in total. The number of thiophene rings is 1. The summed E-state index contributed by atoms with van der Waals surface area (Å²) in [7, 11) is 0. The second-order valence-corrected chi connectivity index (χ2v) is 9.64.